The van der Waals surface area contributed by atoms with E-state index in [4.69, 9.17) is 4.74 Å². The van der Waals surface area contributed by atoms with Crippen LogP contribution in [0, 0.1) is 0 Å². The number of aromatic nitrogens is 2. The zero-order chi connectivity index (χ0) is 26.2. The van der Waals surface area contributed by atoms with Gasteiger partial charge in [0, 0.05) is 57.3 Å². The SMILES string of the molecule is CCOC(=O)c1ccc(NC(=O)CC2C(=O)NCCN2C(=O)CN2CCN(c3ncccn3)CC2)cc1. The molecule has 12 heteroatoms. The van der Waals surface area contributed by atoms with Crippen LogP contribution in [0.4, 0.5) is 11.6 Å². The lowest BCUT2D eigenvalue weighted by Crippen LogP contribution is -2.60. The monoisotopic (exact) mass is 509 g/mol. The smallest absolute Gasteiger partial charge is 0.338 e. The Morgan fingerprint density at radius 2 is 1.76 bits per heavy atom. The Bertz CT molecular complexity index is 1100. The molecular weight excluding hydrogens is 478 g/mol. The molecule has 3 heterocycles. The predicted octanol–water partition coefficient (Wildman–Crippen LogP) is 0.131. The van der Waals surface area contributed by atoms with Gasteiger partial charge >= 0.3 is 5.97 Å². The number of amides is 3. The van der Waals surface area contributed by atoms with Gasteiger partial charge in [-0.25, -0.2) is 14.8 Å². The number of hydrogen-bond donors (Lipinski definition) is 2. The van der Waals surface area contributed by atoms with Crippen molar-refractivity contribution in [2.75, 3.05) is 62.6 Å². The van der Waals surface area contributed by atoms with Crippen molar-refractivity contribution in [3.05, 3.63) is 48.3 Å². The standard InChI is InChI=1S/C25H31N7O5/c1-2-37-24(36)18-4-6-19(7-5-18)29-21(33)16-20-23(35)26-10-11-32(20)22(34)17-30-12-14-31(15-13-30)25-27-8-3-9-28-25/h3-9,20H,2,10-17H2,1H3,(H,26,35)(H,29,33). The lowest BCUT2D eigenvalue weighted by atomic mass is 10.1. The molecule has 0 bridgehead atoms. The minimum Gasteiger partial charge on any atom is -0.462 e. The molecule has 3 amide bonds. The molecule has 2 saturated heterocycles. The number of nitrogens with zero attached hydrogens (tertiary/aromatic N) is 5. The van der Waals surface area contributed by atoms with E-state index in [9.17, 15) is 19.2 Å². The molecular formula is C25H31N7O5. The fraction of sp³-hybridized carbons (Fsp3) is 0.440. The van der Waals surface area contributed by atoms with Gasteiger partial charge in [0.25, 0.3) is 0 Å². The highest BCUT2D eigenvalue weighted by atomic mass is 16.5. The summed E-state index contributed by atoms with van der Waals surface area (Å²) in [6.07, 6.45) is 3.24. The van der Waals surface area contributed by atoms with E-state index in [0.29, 0.717) is 56.5 Å². The van der Waals surface area contributed by atoms with E-state index in [1.165, 1.54) is 4.90 Å². The molecule has 1 atom stereocenters. The van der Waals surface area contributed by atoms with Crippen LogP contribution in [0.5, 0.6) is 0 Å². The van der Waals surface area contributed by atoms with Crippen LogP contribution in [-0.4, -0.2) is 102 Å². The van der Waals surface area contributed by atoms with E-state index in [-0.39, 0.29) is 31.4 Å². The number of esters is 1. The third kappa shape index (κ3) is 6.79. The minimum atomic E-state index is -0.890. The average Bonchev–Trinajstić information content (AvgIpc) is 2.91. The second-order valence-corrected chi connectivity index (χ2v) is 8.76. The van der Waals surface area contributed by atoms with Crippen molar-refractivity contribution in [3.8, 4) is 0 Å². The van der Waals surface area contributed by atoms with Crippen LogP contribution in [0.2, 0.25) is 0 Å². The van der Waals surface area contributed by atoms with Gasteiger partial charge in [0.05, 0.1) is 25.1 Å². The maximum absolute atomic E-state index is 13.2. The molecule has 2 N–H and O–H groups in total. The molecule has 0 saturated carbocycles. The van der Waals surface area contributed by atoms with E-state index in [1.807, 2.05) is 4.90 Å². The maximum Gasteiger partial charge on any atom is 0.338 e. The van der Waals surface area contributed by atoms with Gasteiger partial charge < -0.3 is 25.2 Å². The zero-order valence-corrected chi connectivity index (χ0v) is 20.8. The molecule has 1 unspecified atom stereocenters. The number of piperazine rings is 2. The van der Waals surface area contributed by atoms with Crippen molar-refractivity contribution in [1.82, 2.24) is 25.1 Å². The summed E-state index contributed by atoms with van der Waals surface area (Å²) in [7, 11) is 0. The van der Waals surface area contributed by atoms with Gasteiger partial charge in [-0.05, 0) is 37.3 Å². The first-order chi connectivity index (χ1) is 17.9. The zero-order valence-electron chi connectivity index (χ0n) is 20.8. The second-order valence-electron chi connectivity index (χ2n) is 8.76. The fourth-order valence-corrected chi connectivity index (χ4v) is 4.35. The van der Waals surface area contributed by atoms with Gasteiger partial charge in [-0.15, -0.1) is 0 Å². The Morgan fingerprint density at radius 3 is 2.43 bits per heavy atom. The summed E-state index contributed by atoms with van der Waals surface area (Å²) >= 11 is 0. The fourth-order valence-electron chi connectivity index (χ4n) is 4.35. The average molecular weight is 510 g/mol. The maximum atomic E-state index is 13.2. The lowest BCUT2D eigenvalue weighted by molar-refractivity contribution is -0.145. The summed E-state index contributed by atoms with van der Waals surface area (Å²) in [6.45, 7) is 5.57. The number of benzene rings is 1. The molecule has 12 nitrogen and oxygen atoms in total. The van der Waals surface area contributed by atoms with Crippen LogP contribution in [0.15, 0.2) is 42.7 Å². The van der Waals surface area contributed by atoms with Crippen molar-refractivity contribution in [3.63, 3.8) is 0 Å². The van der Waals surface area contributed by atoms with Crippen molar-refractivity contribution in [2.24, 2.45) is 0 Å². The molecule has 2 fully saturated rings. The number of hydrogen-bond acceptors (Lipinski definition) is 9. The van der Waals surface area contributed by atoms with E-state index in [0.717, 1.165) is 0 Å². The van der Waals surface area contributed by atoms with Gasteiger partial charge in [0.1, 0.15) is 6.04 Å². The molecule has 0 spiro atoms. The van der Waals surface area contributed by atoms with Crippen LogP contribution >= 0.6 is 0 Å². The molecule has 2 aliphatic rings. The number of carbonyl (C=O) groups is 4. The van der Waals surface area contributed by atoms with E-state index >= 15 is 0 Å². The van der Waals surface area contributed by atoms with Crippen molar-refractivity contribution >= 4 is 35.3 Å². The van der Waals surface area contributed by atoms with Gasteiger partial charge in [0.15, 0.2) is 0 Å². The molecule has 37 heavy (non-hydrogen) atoms. The highest BCUT2D eigenvalue weighted by Gasteiger charge is 2.35. The van der Waals surface area contributed by atoms with Crippen LogP contribution < -0.4 is 15.5 Å². The highest BCUT2D eigenvalue weighted by Crippen LogP contribution is 2.15. The molecule has 2 aliphatic heterocycles. The van der Waals surface area contributed by atoms with Crippen molar-refractivity contribution in [1.29, 1.82) is 0 Å². The van der Waals surface area contributed by atoms with Gasteiger partial charge in [-0.3, -0.25) is 19.3 Å². The summed E-state index contributed by atoms with van der Waals surface area (Å²) in [5.74, 6) is -0.708. The molecule has 0 aliphatic carbocycles. The molecule has 1 aromatic heterocycles. The first-order valence-electron chi connectivity index (χ1n) is 12.3. The molecule has 2 aromatic rings. The summed E-state index contributed by atoms with van der Waals surface area (Å²) in [6, 6.07) is 7.17. The highest BCUT2D eigenvalue weighted by molar-refractivity contribution is 5.98. The quantitative estimate of drug-likeness (QED) is 0.476. The third-order valence-electron chi connectivity index (χ3n) is 6.28. The van der Waals surface area contributed by atoms with Crippen LogP contribution in [-0.2, 0) is 19.1 Å². The Balaban J connectivity index is 1.30. The van der Waals surface area contributed by atoms with Crippen molar-refractivity contribution in [2.45, 2.75) is 19.4 Å². The van der Waals surface area contributed by atoms with Crippen LogP contribution in [0.25, 0.3) is 0 Å². The largest absolute Gasteiger partial charge is 0.462 e. The van der Waals surface area contributed by atoms with Crippen molar-refractivity contribution < 1.29 is 23.9 Å². The third-order valence-corrected chi connectivity index (χ3v) is 6.28. The van der Waals surface area contributed by atoms with Crippen LogP contribution in [0.1, 0.15) is 23.7 Å². The Labute approximate surface area is 215 Å². The van der Waals surface area contributed by atoms with Gasteiger partial charge in [-0.2, -0.15) is 0 Å². The summed E-state index contributed by atoms with van der Waals surface area (Å²) in [5.41, 5.74) is 0.854. The Hall–Kier alpha value is -4.06. The van der Waals surface area contributed by atoms with E-state index < -0.39 is 17.9 Å². The number of rotatable bonds is 8. The van der Waals surface area contributed by atoms with Gasteiger partial charge in [-0.1, -0.05) is 0 Å². The predicted molar refractivity (Wildman–Crippen MR) is 135 cm³/mol. The number of anilines is 2. The van der Waals surface area contributed by atoms with E-state index in [1.54, 1.807) is 49.6 Å². The number of nitrogens with one attached hydrogen (secondary N) is 2. The minimum absolute atomic E-state index is 0.170. The first-order valence-corrected chi connectivity index (χ1v) is 12.3. The number of carbonyl (C=O) groups excluding carboxylic acids is 4. The summed E-state index contributed by atoms with van der Waals surface area (Å²) in [4.78, 5) is 64.4. The Kier molecular flexibility index (Phi) is 8.62. The molecule has 4 rings (SSSR count). The molecule has 0 radical (unpaired) electrons. The Morgan fingerprint density at radius 1 is 1.05 bits per heavy atom. The topological polar surface area (TPSA) is 137 Å². The number of ether oxygens (including phenoxy) is 1. The second kappa shape index (κ2) is 12.3. The summed E-state index contributed by atoms with van der Waals surface area (Å²) < 4.78 is 4.96. The van der Waals surface area contributed by atoms with Gasteiger partial charge in [0.2, 0.25) is 23.7 Å². The normalized spacial score (nSPS) is 18.2. The first kappa shape index (κ1) is 26.0. The molecule has 1 aromatic carbocycles. The lowest BCUT2D eigenvalue weighted by Gasteiger charge is -2.38. The van der Waals surface area contributed by atoms with Crippen LogP contribution in [0.3, 0.4) is 0 Å². The summed E-state index contributed by atoms with van der Waals surface area (Å²) in [5, 5.41) is 5.48. The van der Waals surface area contributed by atoms with E-state index in [2.05, 4.69) is 25.5 Å². The molecule has 196 valence electrons.